The Bertz CT molecular complexity index is 569. The predicted octanol–water partition coefficient (Wildman–Crippen LogP) is 2.64. The van der Waals surface area contributed by atoms with Crippen molar-refractivity contribution in [2.75, 3.05) is 5.73 Å². The van der Waals surface area contributed by atoms with Gasteiger partial charge in [0.05, 0.1) is 16.9 Å². The summed E-state index contributed by atoms with van der Waals surface area (Å²) in [5, 5.41) is 4.93. The molecule has 6 heteroatoms. The first kappa shape index (κ1) is 12.8. The van der Waals surface area contributed by atoms with Crippen molar-refractivity contribution in [3.63, 3.8) is 0 Å². The summed E-state index contributed by atoms with van der Waals surface area (Å²) < 4.78 is 1.65. The Balaban J connectivity index is 2.62. The molecule has 0 spiro atoms. The average Bonchev–Trinajstić information content (AvgIpc) is 2.62. The number of nitrogens with two attached hydrogens (primary N) is 1. The van der Waals surface area contributed by atoms with Gasteiger partial charge in [-0.05, 0) is 13.8 Å². The second-order valence-corrected chi connectivity index (χ2v) is 4.98. The molecule has 96 valence electrons. The number of halogens is 1. The summed E-state index contributed by atoms with van der Waals surface area (Å²) in [5.41, 5.74) is 7.48. The van der Waals surface area contributed by atoms with E-state index in [-0.39, 0.29) is 5.92 Å². The molecule has 0 aliphatic carbocycles. The van der Waals surface area contributed by atoms with E-state index in [1.807, 2.05) is 27.7 Å². The van der Waals surface area contributed by atoms with Crippen molar-refractivity contribution in [1.29, 1.82) is 0 Å². The molecule has 0 saturated heterocycles. The summed E-state index contributed by atoms with van der Waals surface area (Å²) >= 11 is 6.02. The molecule has 2 aromatic rings. The molecule has 0 fully saturated rings. The highest BCUT2D eigenvalue weighted by molar-refractivity contribution is 6.31. The maximum Gasteiger partial charge on any atom is 0.162 e. The van der Waals surface area contributed by atoms with Crippen LogP contribution in [0.5, 0.6) is 0 Å². The lowest BCUT2D eigenvalue weighted by atomic mass is 10.2. The Hall–Kier alpha value is -1.62. The second kappa shape index (κ2) is 4.57. The molecule has 2 rings (SSSR count). The van der Waals surface area contributed by atoms with Crippen molar-refractivity contribution >= 4 is 17.4 Å². The van der Waals surface area contributed by atoms with Crippen LogP contribution >= 0.6 is 11.6 Å². The highest BCUT2D eigenvalue weighted by Gasteiger charge is 2.14. The van der Waals surface area contributed by atoms with Gasteiger partial charge in [0.2, 0.25) is 0 Å². The molecule has 18 heavy (non-hydrogen) atoms. The molecule has 0 amide bonds. The topological polar surface area (TPSA) is 69.6 Å². The highest BCUT2D eigenvalue weighted by atomic mass is 35.5. The van der Waals surface area contributed by atoms with Crippen molar-refractivity contribution in [1.82, 2.24) is 19.7 Å². The Kier molecular flexibility index (Phi) is 3.26. The minimum absolute atomic E-state index is 0.207. The fourth-order valence-corrected chi connectivity index (χ4v) is 1.70. The lowest BCUT2D eigenvalue weighted by molar-refractivity contribution is 0.740. The van der Waals surface area contributed by atoms with Crippen molar-refractivity contribution in [3.8, 4) is 5.82 Å². The summed E-state index contributed by atoms with van der Waals surface area (Å²) in [4.78, 5) is 8.79. The molecule has 0 radical (unpaired) electrons. The monoisotopic (exact) mass is 265 g/mol. The van der Waals surface area contributed by atoms with E-state index in [1.54, 1.807) is 10.9 Å². The molecular formula is C12H16ClN5. The molecule has 2 N–H and O–H groups in total. The summed E-state index contributed by atoms with van der Waals surface area (Å²) in [6.07, 6.45) is 1.73. The lowest BCUT2D eigenvalue weighted by Gasteiger charge is -2.11. The first-order chi connectivity index (χ1) is 8.40. The summed E-state index contributed by atoms with van der Waals surface area (Å²) in [6, 6.07) is 0. The van der Waals surface area contributed by atoms with E-state index in [2.05, 4.69) is 15.1 Å². The fourth-order valence-electron chi connectivity index (χ4n) is 1.57. The van der Waals surface area contributed by atoms with Crippen LogP contribution in [0.25, 0.3) is 5.82 Å². The molecule has 5 nitrogen and oxygen atoms in total. The minimum atomic E-state index is 0.207. The van der Waals surface area contributed by atoms with Crippen LogP contribution in [0.2, 0.25) is 5.02 Å². The van der Waals surface area contributed by atoms with Gasteiger partial charge < -0.3 is 5.73 Å². The number of hydrogen-bond acceptors (Lipinski definition) is 4. The zero-order valence-electron chi connectivity index (χ0n) is 10.9. The Labute approximate surface area is 111 Å². The number of nitrogen functional groups attached to an aromatic ring is 1. The van der Waals surface area contributed by atoms with Crippen LogP contribution in [-0.2, 0) is 0 Å². The maximum absolute atomic E-state index is 6.02. The van der Waals surface area contributed by atoms with Crippen LogP contribution in [0.4, 0.5) is 5.82 Å². The summed E-state index contributed by atoms with van der Waals surface area (Å²) in [7, 11) is 0. The second-order valence-electron chi connectivity index (χ2n) is 4.58. The molecule has 0 aliphatic rings. The summed E-state index contributed by atoms with van der Waals surface area (Å²) in [5.74, 6) is 2.07. The van der Waals surface area contributed by atoms with Crippen LogP contribution in [0.3, 0.4) is 0 Å². The first-order valence-electron chi connectivity index (χ1n) is 5.76. The quantitative estimate of drug-likeness (QED) is 0.906. The Morgan fingerprint density at radius 1 is 1.28 bits per heavy atom. The van der Waals surface area contributed by atoms with Crippen LogP contribution in [-0.4, -0.2) is 19.7 Å². The van der Waals surface area contributed by atoms with E-state index in [1.165, 1.54) is 0 Å². The van der Waals surface area contributed by atoms with Crippen LogP contribution in [0, 0.1) is 13.8 Å². The third-order valence-corrected chi connectivity index (χ3v) is 3.12. The molecular weight excluding hydrogens is 250 g/mol. The normalized spacial score (nSPS) is 11.2. The molecule has 0 saturated carbocycles. The zero-order valence-corrected chi connectivity index (χ0v) is 11.7. The number of hydrogen-bond donors (Lipinski definition) is 1. The zero-order chi connectivity index (χ0) is 13.4. The van der Waals surface area contributed by atoms with Gasteiger partial charge in [-0.3, -0.25) is 0 Å². The molecule has 0 aromatic carbocycles. The number of rotatable bonds is 2. The first-order valence-corrected chi connectivity index (χ1v) is 6.14. The van der Waals surface area contributed by atoms with Gasteiger partial charge >= 0.3 is 0 Å². The lowest BCUT2D eigenvalue weighted by Crippen LogP contribution is -2.10. The van der Waals surface area contributed by atoms with E-state index in [9.17, 15) is 0 Å². The molecule has 0 atom stereocenters. The number of aryl methyl sites for hydroxylation is 1. The van der Waals surface area contributed by atoms with Gasteiger partial charge in [0.15, 0.2) is 5.82 Å². The third kappa shape index (κ3) is 2.18. The molecule has 2 heterocycles. The van der Waals surface area contributed by atoms with Crippen molar-refractivity contribution < 1.29 is 0 Å². The van der Waals surface area contributed by atoms with Gasteiger partial charge in [-0.2, -0.15) is 5.10 Å². The van der Waals surface area contributed by atoms with Gasteiger partial charge in [-0.1, -0.05) is 25.4 Å². The van der Waals surface area contributed by atoms with Crippen molar-refractivity contribution in [3.05, 3.63) is 28.3 Å². The third-order valence-electron chi connectivity index (χ3n) is 2.75. The number of anilines is 1. The molecule has 0 bridgehead atoms. The number of aromatic nitrogens is 4. The number of nitrogens with zero attached hydrogens (tertiary/aromatic N) is 4. The van der Waals surface area contributed by atoms with Crippen LogP contribution < -0.4 is 5.73 Å². The molecule has 0 aliphatic heterocycles. The van der Waals surface area contributed by atoms with Crippen LogP contribution in [0.1, 0.15) is 36.8 Å². The van der Waals surface area contributed by atoms with Gasteiger partial charge in [-0.25, -0.2) is 14.6 Å². The van der Waals surface area contributed by atoms with E-state index in [4.69, 9.17) is 17.3 Å². The standard InChI is InChI=1S/C12H16ClN5/c1-6(2)11-15-10(14)7(3)12(16-11)18-5-9(13)8(4)17-18/h5-6H,1-4H3,(H2,14,15,16). The van der Waals surface area contributed by atoms with E-state index in [0.717, 1.165) is 11.3 Å². The van der Waals surface area contributed by atoms with Gasteiger partial charge in [-0.15, -0.1) is 0 Å². The van der Waals surface area contributed by atoms with Gasteiger partial charge in [0, 0.05) is 11.5 Å². The van der Waals surface area contributed by atoms with E-state index < -0.39 is 0 Å². The van der Waals surface area contributed by atoms with Gasteiger partial charge in [0.1, 0.15) is 11.6 Å². The fraction of sp³-hybridized carbons (Fsp3) is 0.417. The highest BCUT2D eigenvalue weighted by Crippen LogP contribution is 2.22. The Morgan fingerprint density at radius 2 is 1.94 bits per heavy atom. The van der Waals surface area contributed by atoms with E-state index >= 15 is 0 Å². The van der Waals surface area contributed by atoms with Crippen LogP contribution in [0.15, 0.2) is 6.20 Å². The Morgan fingerprint density at radius 3 is 2.44 bits per heavy atom. The predicted molar refractivity (Wildman–Crippen MR) is 72.1 cm³/mol. The van der Waals surface area contributed by atoms with Crippen molar-refractivity contribution in [2.45, 2.75) is 33.6 Å². The maximum atomic E-state index is 6.02. The largest absolute Gasteiger partial charge is 0.383 e. The molecule has 0 unspecified atom stereocenters. The smallest absolute Gasteiger partial charge is 0.162 e. The van der Waals surface area contributed by atoms with Crippen molar-refractivity contribution in [2.24, 2.45) is 0 Å². The summed E-state index contributed by atoms with van der Waals surface area (Å²) in [6.45, 7) is 7.77. The van der Waals surface area contributed by atoms with E-state index in [0.29, 0.717) is 22.5 Å². The average molecular weight is 266 g/mol. The SMILES string of the molecule is Cc1nn(-c2nc(C(C)C)nc(N)c2C)cc1Cl. The molecule has 2 aromatic heterocycles. The minimum Gasteiger partial charge on any atom is -0.383 e. The van der Waals surface area contributed by atoms with Gasteiger partial charge in [0.25, 0.3) is 0 Å².